The van der Waals surface area contributed by atoms with Gasteiger partial charge < -0.3 is 10.6 Å². The highest BCUT2D eigenvalue weighted by atomic mass is 79.9. The summed E-state index contributed by atoms with van der Waals surface area (Å²) in [5.74, 6) is -0.608. The van der Waals surface area contributed by atoms with Gasteiger partial charge in [-0.1, -0.05) is 0 Å². The first-order chi connectivity index (χ1) is 13.3. The molecule has 10 nitrogen and oxygen atoms in total. The minimum atomic E-state index is -0.377. The fourth-order valence-corrected chi connectivity index (χ4v) is 2.97. The van der Waals surface area contributed by atoms with Crippen molar-refractivity contribution in [2.24, 2.45) is 14.1 Å². The molecule has 0 aliphatic rings. The number of nitrogens with zero attached hydrogens (tertiary/aromatic N) is 6. The van der Waals surface area contributed by atoms with Gasteiger partial charge in [-0.25, -0.2) is 0 Å². The zero-order valence-corrected chi connectivity index (χ0v) is 17.6. The highest BCUT2D eigenvalue weighted by molar-refractivity contribution is 9.10. The molecular weight excluding hydrogens is 428 g/mol. The van der Waals surface area contributed by atoms with E-state index in [1.807, 2.05) is 13.8 Å². The zero-order chi connectivity index (χ0) is 20.4. The maximum absolute atomic E-state index is 12.7. The smallest absolute Gasteiger partial charge is 0.276 e. The third-order valence-corrected chi connectivity index (χ3v) is 5.28. The second-order valence-corrected chi connectivity index (χ2v) is 7.21. The minimum Gasteiger partial charge on any atom is -0.323 e. The molecule has 0 aliphatic heterocycles. The van der Waals surface area contributed by atoms with Crippen molar-refractivity contribution in [1.82, 2.24) is 29.3 Å². The van der Waals surface area contributed by atoms with E-state index >= 15 is 0 Å². The highest BCUT2D eigenvalue weighted by Crippen LogP contribution is 2.19. The molecule has 3 rings (SSSR count). The number of carbonyl (C=O) groups excluding carboxylic acids is 2. The summed E-state index contributed by atoms with van der Waals surface area (Å²) in [5.41, 5.74) is 2.98. The quantitative estimate of drug-likeness (QED) is 0.598. The molecule has 148 valence electrons. The Bertz CT molecular complexity index is 1030. The number of hydrogen-bond donors (Lipinski definition) is 2. The van der Waals surface area contributed by atoms with E-state index in [1.54, 1.807) is 35.9 Å². The summed E-state index contributed by atoms with van der Waals surface area (Å²) in [6.07, 6.45) is 4.94. The molecule has 28 heavy (non-hydrogen) atoms. The van der Waals surface area contributed by atoms with Gasteiger partial charge in [-0.2, -0.15) is 15.3 Å². The van der Waals surface area contributed by atoms with Crippen LogP contribution in [0.4, 0.5) is 11.4 Å². The maximum Gasteiger partial charge on any atom is 0.276 e. The second kappa shape index (κ2) is 7.97. The summed E-state index contributed by atoms with van der Waals surface area (Å²) in [4.78, 5) is 25.1. The molecule has 0 spiro atoms. The molecule has 0 radical (unpaired) electrons. The van der Waals surface area contributed by atoms with Gasteiger partial charge in [-0.3, -0.25) is 23.6 Å². The van der Waals surface area contributed by atoms with E-state index in [0.29, 0.717) is 17.9 Å². The van der Waals surface area contributed by atoms with E-state index in [1.165, 1.54) is 10.9 Å². The van der Waals surface area contributed by atoms with Crippen molar-refractivity contribution in [3.05, 3.63) is 40.1 Å². The van der Waals surface area contributed by atoms with Crippen molar-refractivity contribution in [3.63, 3.8) is 0 Å². The molecule has 0 bridgehead atoms. The minimum absolute atomic E-state index is 0.215. The lowest BCUT2D eigenvalue weighted by Gasteiger charge is -2.09. The Kier molecular flexibility index (Phi) is 5.63. The number of hydrogen-bond acceptors (Lipinski definition) is 5. The predicted octanol–water partition coefficient (Wildman–Crippen LogP) is 2.01. The number of rotatable bonds is 6. The van der Waals surface area contributed by atoms with E-state index in [2.05, 4.69) is 41.9 Å². The third-order valence-electron chi connectivity index (χ3n) is 4.51. The largest absolute Gasteiger partial charge is 0.323 e. The standard InChI is InChI=1S/C17H21BrN8O2/c1-10-12(18)7-21-26(10)6-5-15(27)22-14-9-20-25(4)16(14)17(28)23-13-8-19-24(3)11(13)2/h7-9H,5-6H2,1-4H3,(H,22,27)(H,23,28). The van der Waals surface area contributed by atoms with Crippen molar-refractivity contribution in [2.45, 2.75) is 26.8 Å². The average molecular weight is 449 g/mol. The predicted molar refractivity (Wildman–Crippen MR) is 107 cm³/mol. The van der Waals surface area contributed by atoms with Gasteiger partial charge in [0.2, 0.25) is 5.91 Å². The molecule has 0 saturated carbocycles. The van der Waals surface area contributed by atoms with Crippen LogP contribution in [0.2, 0.25) is 0 Å². The molecule has 0 saturated heterocycles. The first kappa shape index (κ1) is 19.8. The van der Waals surface area contributed by atoms with Crippen molar-refractivity contribution in [3.8, 4) is 0 Å². The molecule has 11 heteroatoms. The number of carbonyl (C=O) groups is 2. The Morgan fingerprint density at radius 1 is 0.964 bits per heavy atom. The molecule has 0 aliphatic carbocycles. The molecule has 0 unspecified atom stereocenters. The molecule has 3 aromatic rings. The lowest BCUT2D eigenvalue weighted by molar-refractivity contribution is -0.116. The van der Waals surface area contributed by atoms with Crippen LogP contribution < -0.4 is 10.6 Å². The van der Waals surface area contributed by atoms with Gasteiger partial charge in [0, 0.05) is 26.2 Å². The normalized spacial score (nSPS) is 10.9. The van der Waals surface area contributed by atoms with Crippen molar-refractivity contribution < 1.29 is 9.59 Å². The Morgan fingerprint density at radius 3 is 2.25 bits per heavy atom. The van der Waals surface area contributed by atoms with E-state index in [4.69, 9.17) is 0 Å². The van der Waals surface area contributed by atoms with E-state index < -0.39 is 0 Å². The fraction of sp³-hybridized carbons (Fsp3) is 0.353. The monoisotopic (exact) mass is 448 g/mol. The van der Waals surface area contributed by atoms with Gasteiger partial charge >= 0.3 is 0 Å². The number of aromatic nitrogens is 6. The van der Waals surface area contributed by atoms with Crippen molar-refractivity contribution in [2.75, 3.05) is 10.6 Å². The van der Waals surface area contributed by atoms with E-state index in [-0.39, 0.29) is 23.9 Å². The highest BCUT2D eigenvalue weighted by Gasteiger charge is 2.20. The summed E-state index contributed by atoms with van der Waals surface area (Å²) in [6, 6.07) is 0. The van der Waals surface area contributed by atoms with Gasteiger partial charge in [0.25, 0.3) is 5.91 Å². The van der Waals surface area contributed by atoms with Gasteiger partial charge in [-0.05, 0) is 29.8 Å². The van der Waals surface area contributed by atoms with Crippen LogP contribution in [0.15, 0.2) is 23.1 Å². The number of nitrogens with one attached hydrogen (secondary N) is 2. The van der Waals surface area contributed by atoms with E-state index in [0.717, 1.165) is 15.9 Å². The SMILES string of the molecule is Cc1c(NC(=O)c2c(NC(=O)CCn3ncc(Br)c3C)cnn2C)cnn1C. The average Bonchev–Trinajstić information content (AvgIpc) is 3.28. The number of halogens is 1. The Morgan fingerprint density at radius 2 is 1.64 bits per heavy atom. The molecule has 2 N–H and O–H groups in total. The third kappa shape index (κ3) is 3.98. The molecule has 0 fully saturated rings. The molecule has 3 aromatic heterocycles. The molecule has 3 heterocycles. The van der Waals surface area contributed by atoms with Gasteiger partial charge in [-0.15, -0.1) is 0 Å². The Labute approximate surface area is 170 Å². The summed E-state index contributed by atoms with van der Waals surface area (Å²) >= 11 is 3.39. The van der Waals surface area contributed by atoms with Gasteiger partial charge in [0.05, 0.1) is 46.7 Å². The molecular formula is C17H21BrN8O2. The second-order valence-electron chi connectivity index (χ2n) is 6.35. The van der Waals surface area contributed by atoms with Crippen LogP contribution in [-0.2, 0) is 25.4 Å². The lowest BCUT2D eigenvalue weighted by atomic mass is 10.3. The first-order valence-corrected chi connectivity index (χ1v) is 9.37. The van der Waals surface area contributed by atoms with Crippen LogP contribution in [0.3, 0.4) is 0 Å². The fourth-order valence-electron chi connectivity index (χ4n) is 2.67. The van der Waals surface area contributed by atoms with Crippen LogP contribution in [-0.4, -0.2) is 41.2 Å². The molecule has 2 amide bonds. The zero-order valence-electron chi connectivity index (χ0n) is 16.0. The molecule has 0 aromatic carbocycles. The van der Waals surface area contributed by atoms with Crippen LogP contribution >= 0.6 is 15.9 Å². The number of anilines is 2. The first-order valence-electron chi connectivity index (χ1n) is 8.57. The van der Waals surface area contributed by atoms with Crippen LogP contribution in [0.1, 0.15) is 28.3 Å². The number of amides is 2. The Balaban J connectivity index is 1.68. The number of aryl methyl sites for hydroxylation is 3. The van der Waals surface area contributed by atoms with Crippen molar-refractivity contribution >= 4 is 39.1 Å². The summed E-state index contributed by atoms with van der Waals surface area (Å²) in [5, 5.41) is 18.0. The van der Waals surface area contributed by atoms with Gasteiger partial charge in [0.1, 0.15) is 5.69 Å². The van der Waals surface area contributed by atoms with Crippen LogP contribution in [0.25, 0.3) is 0 Å². The van der Waals surface area contributed by atoms with E-state index in [9.17, 15) is 9.59 Å². The topological polar surface area (TPSA) is 112 Å². The van der Waals surface area contributed by atoms with Gasteiger partial charge in [0.15, 0.2) is 0 Å². The summed E-state index contributed by atoms with van der Waals surface area (Å²) in [6.45, 7) is 4.20. The molecule has 0 atom stereocenters. The summed E-state index contributed by atoms with van der Waals surface area (Å²) in [7, 11) is 3.44. The van der Waals surface area contributed by atoms with Crippen LogP contribution in [0, 0.1) is 13.8 Å². The Hall–Kier alpha value is -2.95. The van der Waals surface area contributed by atoms with Crippen molar-refractivity contribution in [1.29, 1.82) is 0 Å². The lowest BCUT2D eigenvalue weighted by Crippen LogP contribution is -2.21. The van der Waals surface area contributed by atoms with Crippen LogP contribution in [0.5, 0.6) is 0 Å². The maximum atomic E-state index is 12.7. The summed E-state index contributed by atoms with van der Waals surface area (Å²) < 4.78 is 5.72.